The predicted octanol–water partition coefficient (Wildman–Crippen LogP) is 2.50. The SMILES string of the molecule is CCCCNc1nc(=O)c2ncn3c2n1[C@@H]1CC3O[C@@H]1COC(=O)c1ccccc1. The van der Waals surface area contributed by atoms with E-state index in [0.29, 0.717) is 35.6 Å². The van der Waals surface area contributed by atoms with Gasteiger partial charge in [0.1, 0.15) is 18.9 Å². The van der Waals surface area contributed by atoms with Gasteiger partial charge in [0.15, 0.2) is 11.2 Å². The molecule has 0 spiro atoms. The molecule has 1 aromatic carbocycles. The summed E-state index contributed by atoms with van der Waals surface area (Å²) in [5.74, 6) is 0.127. The maximum atomic E-state index is 12.5. The number of anilines is 1. The van der Waals surface area contributed by atoms with Crippen molar-refractivity contribution in [2.24, 2.45) is 0 Å². The lowest BCUT2D eigenvalue weighted by molar-refractivity contribution is -0.0331. The fraction of sp³-hybridized carbons (Fsp3) is 0.429. The lowest BCUT2D eigenvalue weighted by Crippen LogP contribution is -2.31. The second-order valence-electron chi connectivity index (χ2n) is 7.61. The number of aromatic nitrogens is 4. The molecule has 0 radical (unpaired) electrons. The zero-order valence-electron chi connectivity index (χ0n) is 16.7. The number of carbonyl (C=O) groups is 1. The second kappa shape index (κ2) is 7.56. The lowest BCUT2D eigenvalue weighted by Gasteiger charge is -2.26. The van der Waals surface area contributed by atoms with E-state index in [2.05, 4.69) is 22.2 Å². The molecule has 0 aliphatic carbocycles. The van der Waals surface area contributed by atoms with Crippen LogP contribution in [0.15, 0.2) is 41.5 Å². The Morgan fingerprint density at radius 2 is 2.17 bits per heavy atom. The summed E-state index contributed by atoms with van der Waals surface area (Å²) in [4.78, 5) is 33.3. The van der Waals surface area contributed by atoms with Crippen LogP contribution in [0.3, 0.4) is 0 Å². The Balaban J connectivity index is 1.44. The number of ether oxygens (including phenoxy) is 2. The standard InChI is InChI=1S/C21H23N5O4/c1-2-3-9-22-21-24-18(27)17-19-25(12-23-17)16-10-14(26(19)21)15(30-16)11-29-20(28)13-7-5-4-6-8-13/h4-8,12,14-16H,2-3,9-11H2,1H3,(H,22,24,27)/t14-,15-,16?/m1/s1. The smallest absolute Gasteiger partial charge is 0.338 e. The number of esters is 1. The number of unbranched alkanes of at least 4 members (excludes halogenated alkanes) is 1. The first-order valence-electron chi connectivity index (χ1n) is 10.3. The van der Waals surface area contributed by atoms with Gasteiger partial charge in [-0.3, -0.25) is 13.9 Å². The summed E-state index contributed by atoms with van der Waals surface area (Å²) in [6.45, 7) is 2.94. The first-order valence-corrected chi connectivity index (χ1v) is 10.3. The van der Waals surface area contributed by atoms with Crippen LogP contribution in [-0.2, 0) is 9.47 Å². The number of rotatable bonds is 7. The fourth-order valence-corrected chi connectivity index (χ4v) is 4.20. The first-order chi connectivity index (χ1) is 14.7. The number of nitrogens with zero attached hydrogens (tertiary/aromatic N) is 4. The summed E-state index contributed by atoms with van der Waals surface area (Å²) in [7, 11) is 0. The highest BCUT2D eigenvalue weighted by atomic mass is 16.6. The van der Waals surface area contributed by atoms with Crippen LogP contribution in [0.4, 0.5) is 5.95 Å². The minimum atomic E-state index is -0.383. The summed E-state index contributed by atoms with van der Waals surface area (Å²) in [5, 5.41) is 3.29. The number of hydrogen-bond acceptors (Lipinski definition) is 7. The first kappa shape index (κ1) is 18.8. The van der Waals surface area contributed by atoms with Gasteiger partial charge in [-0.05, 0) is 18.6 Å². The minimum Gasteiger partial charge on any atom is -0.459 e. The quantitative estimate of drug-likeness (QED) is 0.473. The van der Waals surface area contributed by atoms with Crippen molar-refractivity contribution in [3.05, 3.63) is 52.6 Å². The maximum absolute atomic E-state index is 12.5. The Hall–Kier alpha value is -3.20. The zero-order chi connectivity index (χ0) is 20.7. The third-order valence-corrected chi connectivity index (χ3v) is 5.68. The van der Waals surface area contributed by atoms with Gasteiger partial charge in [-0.25, -0.2) is 9.78 Å². The Bertz CT molecular complexity index is 1140. The zero-order valence-corrected chi connectivity index (χ0v) is 16.7. The largest absolute Gasteiger partial charge is 0.459 e. The second-order valence-corrected chi connectivity index (χ2v) is 7.61. The van der Waals surface area contributed by atoms with Crippen molar-refractivity contribution >= 4 is 23.1 Å². The van der Waals surface area contributed by atoms with Gasteiger partial charge in [0.25, 0.3) is 0 Å². The molecule has 30 heavy (non-hydrogen) atoms. The molecule has 0 amide bonds. The molecule has 4 heterocycles. The fourth-order valence-electron chi connectivity index (χ4n) is 4.20. The van der Waals surface area contributed by atoms with E-state index in [0.717, 1.165) is 12.8 Å². The van der Waals surface area contributed by atoms with Crippen LogP contribution in [0.5, 0.6) is 0 Å². The summed E-state index contributed by atoms with van der Waals surface area (Å²) in [5.41, 5.74) is 1.18. The van der Waals surface area contributed by atoms with Gasteiger partial charge >= 0.3 is 11.5 Å². The van der Waals surface area contributed by atoms with E-state index in [1.165, 1.54) is 0 Å². The summed E-state index contributed by atoms with van der Waals surface area (Å²) in [6.07, 6.45) is 3.73. The maximum Gasteiger partial charge on any atom is 0.338 e. The van der Waals surface area contributed by atoms with Crippen molar-refractivity contribution in [1.82, 2.24) is 19.1 Å². The predicted molar refractivity (Wildman–Crippen MR) is 109 cm³/mol. The Labute approximate surface area is 172 Å². The molecule has 156 valence electrons. The van der Waals surface area contributed by atoms with Crippen molar-refractivity contribution in [3.8, 4) is 0 Å². The van der Waals surface area contributed by atoms with E-state index < -0.39 is 0 Å². The van der Waals surface area contributed by atoms with Gasteiger partial charge in [0, 0.05) is 13.0 Å². The third kappa shape index (κ3) is 3.06. The van der Waals surface area contributed by atoms with Crippen LogP contribution in [-0.4, -0.2) is 44.3 Å². The van der Waals surface area contributed by atoms with Crippen LogP contribution >= 0.6 is 0 Å². The highest BCUT2D eigenvalue weighted by Gasteiger charge is 2.44. The van der Waals surface area contributed by atoms with Crippen molar-refractivity contribution < 1.29 is 14.3 Å². The molecule has 1 unspecified atom stereocenters. The monoisotopic (exact) mass is 409 g/mol. The Morgan fingerprint density at radius 3 is 2.97 bits per heavy atom. The molecule has 1 saturated heterocycles. The van der Waals surface area contributed by atoms with Gasteiger partial charge < -0.3 is 14.8 Å². The van der Waals surface area contributed by atoms with E-state index in [1.807, 2.05) is 15.2 Å². The molecular formula is C21H23N5O4. The molecule has 9 heteroatoms. The van der Waals surface area contributed by atoms with Gasteiger partial charge in [-0.2, -0.15) is 4.98 Å². The van der Waals surface area contributed by atoms with E-state index >= 15 is 0 Å². The summed E-state index contributed by atoms with van der Waals surface area (Å²) >= 11 is 0. The summed E-state index contributed by atoms with van der Waals surface area (Å²) in [6, 6.07) is 8.78. The molecule has 9 nitrogen and oxygen atoms in total. The molecule has 3 atom stereocenters. The number of carbonyl (C=O) groups excluding carboxylic acids is 1. The average molecular weight is 409 g/mol. The molecule has 1 N–H and O–H groups in total. The van der Waals surface area contributed by atoms with Crippen LogP contribution in [0.1, 0.15) is 48.8 Å². The Morgan fingerprint density at radius 1 is 1.33 bits per heavy atom. The third-order valence-electron chi connectivity index (χ3n) is 5.68. The molecular weight excluding hydrogens is 386 g/mol. The number of fused-ring (bicyclic) bond motifs is 4. The van der Waals surface area contributed by atoms with Crippen molar-refractivity contribution in [2.45, 2.75) is 44.6 Å². The molecule has 1 fully saturated rings. The topological polar surface area (TPSA) is 100 Å². The van der Waals surface area contributed by atoms with E-state index in [9.17, 15) is 9.59 Å². The number of imidazole rings is 1. The number of nitrogens with one attached hydrogen (secondary N) is 1. The van der Waals surface area contributed by atoms with Gasteiger partial charge in [0.05, 0.1) is 17.9 Å². The highest BCUT2D eigenvalue weighted by Crippen LogP contribution is 2.44. The van der Waals surface area contributed by atoms with Crippen LogP contribution in [0, 0.1) is 0 Å². The van der Waals surface area contributed by atoms with E-state index in [4.69, 9.17) is 9.47 Å². The minimum absolute atomic E-state index is 0.109. The summed E-state index contributed by atoms with van der Waals surface area (Å²) < 4.78 is 15.6. The van der Waals surface area contributed by atoms with Crippen molar-refractivity contribution in [1.29, 1.82) is 0 Å². The lowest BCUT2D eigenvalue weighted by atomic mass is 10.1. The van der Waals surface area contributed by atoms with Crippen molar-refractivity contribution in [3.63, 3.8) is 0 Å². The molecule has 0 saturated carbocycles. The average Bonchev–Trinajstić information content (AvgIpc) is 3.36. The highest BCUT2D eigenvalue weighted by molar-refractivity contribution is 5.89. The molecule has 2 aliphatic rings. The molecule has 5 rings (SSSR count). The van der Waals surface area contributed by atoms with E-state index in [1.54, 1.807) is 30.6 Å². The number of hydrogen-bond donors (Lipinski definition) is 1. The van der Waals surface area contributed by atoms with Crippen molar-refractivity contribution in [2.75, 3.05) is 18.5 Å². The van der Waals surface area contributed by atoms with Crippen LogP contribution < -0.4 is 10.9 Å². The Kier molecular flexibility index (Phi) is 4.74. The normalized spacial score (nSPS) is 21.7. The van der Waals surface area contributed by atoms with Crippen LogP contribution in [0.25, 0.3) is 11.2 Å². The van der Waals surface area contributed by atoms with Gasteiger partial charge in [0.2, 0.25) is 5.95 Å². The van der Waals surface area contributed by atoms with E-state index in [-0.39, 0.29) is 36.5 Å². The van der Waals surface area contributed by atoms with Gasteiger partial charge in [-0.15, -0.1) is 0 Å². The molecule has 2 aromatic heterocycles. The van der Waals surface area contributed by atoms with Crippen LogP contribution in [0.2, 0.25) is 0 Å². The number of benzene rings is 1. The molecule has 2 aliphatic heterocycles. The molecule has 2 bridgehead atoms. The van der Waals surface area contributed by atoms with Gasteiger partial charge in [-0.1, -0.05) is 31.5 Å². The molecule has 3 aromatic rings.